The molecule has 0 saturated heterocycles. The van der Waals surface area contributed by atoms with Gasteiger partial charge in [0.05, 0.1) is 0 Å². The van der Waals surface area contributed by atoms with Gasteiger partial charge in [-0.25, -0.2) is 0 Å². The average molecular weight is 221 g/mol. The summed E-state index contributed by atoms with van der Waals surface area (Å²) in [5.41, 5.74) is 0. The minimum absolute atomic E-state index is 0.769. The zero-order valence-corrected chi connectivity index (χ0v) is 9.70. The maximum absolute atomic E-state index is 2.50. The SMILES string of the molecule is CCCC[CH2][SnH]([CH3])[CH3]. The molecule has 0 aromatic carbocycles. The fraction of sp³-hybridized carbons (Fsp3) is 1.00. The third kappa shape index (κ3) is 6.80. The molecule has 0 amide bonds. The van der Waals surface area contributed by atoms with E-state index >= 15 is 0 Å². The summed E-state index contributed by atoms with van der Waals surface area (Å²) < 4.78 is 1.62. The van der Waals surface area contributed by atoms with Crippen molar-refractivity contribution in [1.82, 2.24) is 0 Å². The first kappa shape index (κ1) is 8.80. The van der Waals surface area contributed by atoms with E-state index in [2.05, 4.69) is 16.8 Å². The zero-order chi connectivity index (χ0) is 6.41. The Morgan fingerprint density at radius 2 is 1.75 bits per heavy atom. The summed E-state index contributed by atoms with van der Waals surface area (Å²) in [5, 5.41) is 0. The van der Waals surface area contributed by atoms with Crippen molar-refractivity contribution in [2.24, 2.45) is 0 Å². The molecule has 0 aliphatic carbocycles. The Labute approximate surface area is 60.4 Å². The van der Waals surface area contributed by atoms with E-state index in [4.69, 9.17) is 0 Å². The van der Waals surface area contributed by atoms with Crippen molar-refractivity contribution >= 4 is 19.8 Å². The molecule has 0 aliphatic heterocycles. The van der Waals surface area contributed by atoms with Crippen LogP contribution in [0.3, 0.4) is 0 Å². The van der Waals surface area contributed by atoms with Gasteiger partial charge in [-0.1, -0.05) is 0 Å². The fourth-order valence-electron chi connectivity index (χ4n) is 0.803. The molecule has 0 N–H and O–H groups in total. The van der Waals surface area contributed by atoms with Gasteiger partial charge in [0, 0.05) is 0 Å². The van der Waals surface area contributed by atoms with Gasteiger partial charge in [-0.2, -0.15) is 0 Å². The van der Waals surface area contributed by atoms with Gasteiger partial charge in [-0.05, 0) is 0 Å². The first-order valence-corrected chi connectivity index (χ1v) is 12.7. The van der Waals surface area contributed by atoms with Crippen LogP contribution in [0, 0.1) is 0 Å². The number of hydrogen-bond acceptors (Lipinski definition) is 0. The Morgan fingerprint density at radius 1 is 1.12 bits per heavy atom. The summed E-state index contributed by atoms with van der Waals surface area (Å²) in [6.07, 6.45) is 4.37. The van der Waals surface area contributed by atoms with E-state index in [9.17, 15) is 0 Å². The summed E-state index contributed by atoms with van der Waals surface area (Å²) in [4.78, 5) is 4.99. The van der Waals surface area contributed by atoms with Crippen LogP contribution >= 0.6 is 0 Å². The molecule has 0 spiro atoms. The minimum atomic E-state index is -0.769. The third-order valence-electron chi connectivity index (χ3n) is 1.39. The second kappa shape index (κ2) is 5.93. The van der Waals surface area contributed by atoms with Crippen molar-refractivity contribution in [3.63, 3.8) is 0 Å². The maximum atomic E-state index is 2.50. The Morgan fingerprint density at radius 3 is 2.12 bits per heavy atom. The quantitative estimate of drug-likeness (QED) is 0.505. The van der Waals surface area contributed by atoms with Gasteiger partial charge in [0.25, 0.3) is 0 Å². The zero-order valence-electron chi connectivity index (χ0n) is 6.41. The van der Waals surface area contributed by atoms with Crippen LogP contribution < -0.4 is 0 Å². The molecule has 0 aromatic rings. The fourth-order valence-corrected chi connectivity index (χ4v) is 3.96. The van der Waals surface area contributed by atoms with Gasteiger partial charge >= 0.3 is 60.3 Å². The Bertz CT molecular complexity index is 41.7. The molecule has 0 fully saturated rings. The molecule has 0 heterocycles. The number of rotatable bonds is 4. The number of hydrogen-bond donors (Lipinski definition) is 0. The molecule has 0 nitrogen and oxygen atoms in total. The summed E-state index contributed by atoms with van der Waals surface area (Å²) in [6.45, 7) is 2.27. The molecule has 0 bridgehead atoms. The Kier molecular flexibility index (Phi) is 6.52. The molecule has 0 atom stereocenters. The van der Waals surface area contributed by atoms with E-state index in [1.165, 1.54) is 19.3 Å². The van der Waals surface area contributed by atoms with Crippen LogP contribution in [0.1, 0.15) is 26.2 Å². The van der Waals surface area contributed by atoms with E-state index < -0.39 is 19.8 Å². The monoisotopic (exact) mass is 222 g/mol. The predicted molar refractivity (Wildman–Crippen MR) is 43.2 cm³/mol. The van der Waals surface area contributed by atoms with E-state index in [0.717, 1.165) is 0 Å². The van der Waals surface area contributed by atoms with E-state index in [1.807, 2.05) is 0 Å². The molecule has 0 rings (SSSR count). The van der Waals surface area contributed by atoms with Crippen molar-refractivity contribution in [2.75, 3.05) is 0 Å². The topological polar surface area (TPSA) is 0 Å². The van der Waals surface area contributed by atoms with Gasteiger partial charge in [0.2, 0.25) is 0 Å². The van der Waals surface area contributed by atoms with Gasteiger partial charge < -0.3 is 0 Å². The van der Waals surface area contributed by atoms with Crippen LogP contribution in [-0.2, 0) is 0 Å². The molecular formula is C7H18Sn. The first-order valence-electron chi connectivity index (χ1n) is 3.77. The van der Waals surface area contributed by atoms with Crippen LogP contribution in [0.5, 0.6) is 0 Å². The van der Waals surface area contributed by atoms with Crippen LogP contribution in [-0.4, -0.2) is 19.8 Å². The standard InChI is InChI=1S/C5H11.2CH3.Sn.H/c1-3-5-4-2;;;;/h1,3-5H2,2H3;2*1H3;;. The molecule has 8 heavy (non-hydrogen) atoms. The normalized spacial score (nSPS) is 10.5. The molecule has 1 heteroatoms. The Hall–Kier alpha value is 0.799. The van der Waals surface area contributed by atoms with Crippen LogP contribution in [0.4, 0.5) is 0 Å². The van der Waals surface area contributed by atoms with Crippen LogP contribution in [0.2, 0.25) is 14.3 Å². The molecule has 50 valence electrons. The van der Waals surface area contributed by atoms with E-state index in [0.29, 0.717) is 0 Å². The predicted octanol–water partition coefficient (Wildman–Crippen LogP) is 2.66. The molecule has 0 saturated carbocycles. The second-order valence-corrected chi connectivity index (χ2v) is 12.5. The van der Waals surface area contributed by atoms with Crippen molar-refractivity contribution < 1.29 is 0 Å². The van der Waals surface area contributed by atoms with Gasteiger partial charge in [0.15, 0.2) is 0 Å². The summed E-state index contributed by atoms with van der Waals surface area (Å²) in [7, 11) is 0. The van der Waals surface area contributed by atoms with E-state index in [1.54, 1.807) is 4.44 Å². The third-order valence-corrected chi connectivity index (χ3v) is 5.85. The van der Waals surface area contributed by atoms with Crippen LogP contribution in [0.15, 0.2) is 0 Å². The molecule has 0 unspecified atom stereocenters. The van der Waals surface area contributed by atoms with Gasteiger partial charge in [-0.3, -0.25) is 0 Å². The summed E-state index contributed by atoms with van der Waals surface area (Å²) in [5.74, 6) is 0. The van der Waals surface area contributed by atoms with Crippen LogP contribution in [0.25, 0.3) is 0 Å². The second-order valence-electron chi connectivity index (χ2n) is 2.89. The molecule has 0 aliphatic rings. The molecular weight excluding hydrogens is 203 g/mol. The van der Waals surface area contributed by atoms with Crippen molar-refractivity contribution in [3.05, 3.63) is 0 Å². The van der Waals surface area contributed by atoms with Crippen molar-refractivity contribution in [3.8, 4) is 0 Å². The summed E-state index contributed by atoms with van der Waals surface area (Å²) >= 11 is -0.769. The summed E-state index contributed by atoms with van der Waals surface area (Å²) in [6, 6.07) is 0. The van der Waals surface area contributed by atoms with E-state index in [-0.39, 0.29) is 0 Å². The first-order chi connectivity index (χ1) is 3.77. The molecule has 0 radical (unpaired) electrons. The van der Waals surface area contributed by atoms with Crippen molar-refractivity contribution in [1.29, 1.82) is 0 Å². The van der Waals surface area contributed by atoms with Crippen molar-refractivity contribution in [2.45, 2.75) is 40.5 Å². The van der Waals surface area contributed by atoms with Gasteiger partial charge in [-0.15, -0.1) is 0 Å². The average Bonchev–Trinajstić information content (AvgIpc) is 1.66. The Balaban J connectivity index is 2.72. The van der Waals surface area contributed by atoms with Gasteiger partial charge in [0.1, 0.15) is 0 Å². The molecule has 0 aromatic heterocycles. The number of unbranched alkanes of at least 4 members (excludes halogenated alkanes) is 2.